The summed E-state index contributed by atoms with van der Waals surface area (Å²) in [6.07, 6.45) is 3.79. The standard InChI is InChI=1S/C24H20N2O3/c1-28-21-14-13-18(16-22(21)29-2)26-23(15-12-17-8-4-3-5-9-17)25-20-11-7-6-10-19(20)24(26)27/h3-16H,1-2H3/b15-12+. The molecule has 0 amide bonds. The maximum absolute atomic E-state index is 13.3. The van der Waals surface area contributed by atoms with Crippen molar-refractivity contribution in [2.45, 2.75) is 0 Å². The molecule has 5 nitrogen and oxygen atoms in total. The lowest BCUT2D eigenvalue weighted by atomic mass is 10.2. The lowest BCUT2D eigenvalue weighted by Crippen LogP contribution is -2.22. The van der Waals surface area contributed by atoms with Crippen LogP contribution < -0.4 is 15.0 Å². The highest BCUT2D eigenvalue weighted by molar-refractivity contribution is 5.80. The minimum Gasteiger partial charge on any atom is -0.493 e. The van der Waals surface area contributed by atoms with Crippen LogP contribution in [0.3, 0.4) is 0 Å². The number of methoxy groups -OCH3 is 2. The summed E-state index contributed by atoms with van der Waals surface area (Å²) < 4.78 is 12.3. The van der Waals surface area contributed by atoms with Gasteiger partial charge in [-0.05, 0) is 35.9 Å². The summed E-state index contributed by atoms with van der Waals surface area (Å²) in [6, 6.07) is 22.6. The Balaban J connectivity index is 1.95. The van der Waals surface area contributed by atoms with Crippen LogP contribution in [0.1, 0.15) is 11.4 Å². The van der Waals surface area contributed by atoms with Crippen LogP contribution in [0.2, 0.25) is 0 Å². The first-order chi connectivity index (χ1) is 14.2. The minimum atomic E-state index is -0.143. The van der Waals surface area contributed by atoms with Crippen LogP contribution in [0, 0.1) is 0 Å². The zero-order valence-corrected chi connectivity index (χ0v) is 16.2. The fraction of sp³-hybridized carbons (Fsp3) is 0.0833. The summed E-state index contributed by atoms with van der Waals surface area (Å²) in [5.41, 5.74) is 2.19. The maximum atomic E-state index is 13.3. The molecule has 0 unspecified atom stereocenters. The third-order valence-electron chi connectivity index (χ3n) is 4.65. The van der Waals surface area contributed by atoms with E-state index in [1.807, 2.05) is 66.7 Å². The third-order valence-corrected chi connectivity index (χ3v) is 4.65. The maximum Gasteiger partial charge on any atom is 0.266 e. The van der Waals surface area contributed by atoms with E-state index in [0.717, 1.165) is 5.56 Å². The van der Waals surface area contributed by atoms with Gasteiger partial charge in [0, 0.05) is 6.07 Å². The highest BCUT2D eigenvalue weighted by atomic mass is 16.5. The summed E-state index contributed by atoms with van der Waals surface area (Å²) in [7, 11) is 3.15. The van der Waals surface area contributed by atoms with E-state index < -0.39 is 0 Å². The van der Waals surface area contributed by atoms with Crippen molar-refractivity contribution in [3.05, 3.63) is 94.5 Å². The van der Waals surface area contributed by atoms with Gasteiger partial charge in [-0.15, -0.1) is 0 Å². The quantitative estimate of drug-likeness (QED) is 0.506. The fourth-order valence-corrected chi connectivity index (χ4v) is 3.21. The monoisotopic (exact) mass is 384 g/mol. The van der Waals surface area contributed by atoms with Crippen molar-refractivity contribution >= 4 is 23.1 Å². The van der Waals surface area contributed by atoms with Crippen molar-refractivity contribution in [1.29, 1.82) is 0 Å². The number of nitrogens with zero attached hydrogens (tertiary/aromatic N) is 2. The molecule has 0 aliphatic heterocycles. The van der Waals surface area contributed by atoms with Gasteiger partial charge in [0.1, 0.15) is 5.82 Å². The summed E-state index contributed by atoms with van der Waals surface area (Å²) in [4.78, 5) is 18.1. The van der Waals surface area contributed by atoms with Crippen molar-refractivity contribution < 1.29 is 9.47 Å². The third kappa shape index (κ3) is 3.62. The highest BCUT2D eigenvalue weighted by Crippen LogP contribution is 2.29. The summed E-state index contributed by atoms with van der Waals surface area (Å²) in [6.45, 7) is 0. The molecule has 0 radical (unpaired) electrons. The van der Waals surface area contributed by atoms with E-state index in [-0.39, 0.29) is 5.56 Å². The normalized spacial score (nSPS) is 11.1. The number of fused-ring (bicyclic) bond motifs is 1. The first-order valence-electron chi connectivity index (χ1n) is 9.18. The Bertz CT molecular complexity index is 1240. The van der Waals surface area contributed by atoms with Crippen LogP contribution in [0.25, 0.3) is 28.7 Å². The van der Waals surface area contributed by atoms with E-state index in [9.17, 15) is 4.79 Å². The van der Waals surface area contributed by atoms with Gasteiger partial charge < -0.3 is 9.47 Å². The van der Waals surface area contributed by atoms with Crippen LogP contribution in [0.15, 0.2) is 77.6 Å². The molecule has 1 aromatic heterocycles. The Hall–Kier alpha value is -3.86. The number of ether oxygens (including phenoxy) is 2. The second-order valence-corrected chi connectivity index (χ2v) is 6.41. The Labute approximate surface area is 168 Å². The van der Waals surface area contributed by atoms with E-state index in [4.69, 9.17) is 14.5 Å². The average Bonchev–Trinajstić information content (AvgIpc) is 2.78. The number of para-hydroxylation sites is 1. The molecule has 0 atom stereocenters. The fourth-order valence-electron chi connectivity index (χ4n) is 3.21. The predicted molar refractivity (Wildman–Crippen MR) is 116 cm³/mol. The average molecular weight is 384 g/mol. The molecule has 0 saturated carbocycles. The number of benzene rings is 3. The van der Waals surface area contributed by atoms with Crippen molar-refractivity contribution in [1.82, 2.24) is 9.55 Å². The molecule has 0 bridgehead atoms. The van der Waals surface area contributed by atoms with Gasteiger partial charge in [-0.1, -0.05) is 48.5 Å². The molecule has 4 aromatic rings. The van der Waals surface area contributed by atoms with Crippen molar-refractivity contribution in [2.24, 2.45) is 0 Å². The molecule has 0 saturated heterocycles. The van der Waals surface area contributed by atoms with Crippen LogP contribution >= 0.6 is 0 Å². The van der Waals surface area contributed by atoms with Gasteiger partial charge in [-0.2, -0.15) is 0 Å². The highest BCUT2D eigenvalue weighted by Gasteiger charge is 2.13. The zero-order valence-electron chi connectivity index (χ0n) is 16.2. The summed E-state index contributed by atoms with van der Waals surface area (Å²) in [5.74, 6) is 1.67. The Kier molecular flexibility index (Phi) is 5.12. The second-order valence-electron chi connectivity index (χ2n) is 6.41. The van der Waals surface area contributed by atoms with Crippen LogP contribution in [0.4, 0.5) is 0 Å². The topological polar surface area (TPSA) is 53.4 Å². The lowest BCUT2D eigenvalue weighted by molar-refractivity contribution is 0.355. The second kappa shape index (κ2) is 8.02. The van der Waals surface area contributed by atoms with E-state index in [1.165, 1.54) is 0 Å². The van der Waals surface area contributed by atoms with E-state index in [0.29, 0.717) is 33.9 Å². The molecule has 5 heteroatoms. The molecule has 3 aromatic carbocycles. The molecule has 4 rings (SSSR count). The molecule has 0 N–H and O–H groups in total. The van der Waals surface area contributed by atoms with Gasteiger partial charge in [-0.25, -0.2) is 4.98 Å². The molecule has 1 heterocycles. The van der Waals surface area contributed by atoms with Gasteiger partial charge in [0.05, 0.1) is 30.8 Å². The van der Waals surface area contributed by atoms with Gasteiger partial charge in [0.25, 0.3) is 5.56 Å². The Morgan fingerprint density at radius 1 is 0.828 bits per heavy atom. The van der Waals surface area contributed by atoms with Gasteiger partial charge in [0.15, 0.2) is 11.5 Å². The predicted octanol–water partition coefficient (Wildman–Crippen LogP) is 4.57. The molecule has 0 aliphatic rings. The van der Waals surface area contributed by atoms with Crippen LogP contribution in [-0.2, 0) is 0 Å². The van der Waals surface area contributed by atoms with Crippen LogP contribution in [-0.4, -0.2) is 23.8 Å². The van der Waals surface area contributed by atoms with E-state index >= 15 is 0 Å². The zero-order chi connectivity index (χ0) is 20.2. The molecule has 0 spiro atoms. The minimum absolute atomic E-state index is 0.143. The van der Waals surface area contributed by atoms with E-state index in [1.54, 1.807) is 37.0 Å². The Morgan fingerprint density at radius 2 is 1.55 bits per heavy atom. The largest absolute Gasteiger partial charge is 0.493 e. The number of hydrogen-bond acceptors (Lipinski definition) is 4. The molecular formula is C24H20N2O3. The molecule has 29 heavy (non-hydrogen) atoms. The van der Waals surface area contributed by atoms with Gasteiger partial charge >= 0.3 is 0 Å². The first kappa shape index (κ1) is 18.5. The smallest absolute Gasteiger partial charge is 0.266 e. The van der Waals surface area contributed by atoms with Crippen molar-refractivity contribution in [3.8, 4) is 17.2 Å². The van der Waals surface area contributed by atoms with Crippen molar-refractivity contribution in [3.63, 3.8) is 0 Å². The molecule has 0 aliphatic carbocycles. The molecular weight excluding hydrogens is 364 g/mol. The number of rotatable bonds is 5. The first-order valence-corrected chi connectivity index (χ1v) is 9.18. The number of aromatic nitrogens is 2. The van der Waals surface area contributed by atoms with Gasteiger partial charge in [0.2, 0.25) is 0 Å². The lowest BCUT2D eigenvalue weighted by Gasteiger charge is -2.14. The summed E-state index contributed by atoms with van der Waals surface area (Å²) in [5, 5.41) is 0.555. The van der Waals surface area contributed by atoms with Crippen LogP contribution in [0.5, 0.6) is 11.5 Å². The molecule has 0 fully saturated rings. The van der Waals surface area contributed by atoms with E-state index in [2.05, 4.69) is 0 Å². The number of hydrogen-bond donors (Lipinski definition) is 0. The van der Waals surface area contributed by atoms with Gasteiger partial charge in [-0.3, -0.25) is 9.36 Å². The SMILES string of the molecule is COc1ccc(-n2c(/C=C/c3ccccc3)nc3ccccc3c2=O)cc1OC. The Morgan fingerprint density at radius 3 is 2.31 bits per heavy atom. The molecule has 144 valence electrons. The van der Waals surface area contributed by atoms with Crippen molar-refractivity contribution in [2.75, 3.05) is 14.2 Å². The summed E-state index contributed by atoms with van der Waals surface area (Å²) >= 11 is 0.